The fourth-order valence-electron chi connectivity index (χ4n) is 5.55. The molecule has 1 nitrogen and oxygen atoms in total. The molecule has 0 aliphatic heterocycles. The van der Waals surface area contributed by atoms with E-state index >= 15 is 0 Å². The number of fused-ring (bicyclic) bond motifs is 1. The first-order valence-corrected chi connectivity index (χ1v) is 9.28. The summed E-state index contributed by atoms with van der Waals surface area (Å²) in [6, 6.07) is 0. The summed E-state index contributed by atoms with van der Waals surface area (Å²) >= 11 is 0. The number of Topliss-reactive ketones (excluding diaryl/α,β-unsaturated/α-hetero) is 1. The average molecular weight is 276 g/mol. The fourth-order valence-corrected chi connectivity index (χ4v) is 5.55. The molecule has 3 aliphatic carbocycles. The summed E-state index contributed by atoms with van der Waals surface area (Å²) in [7, 11) is 0. The van der Waals surface area contributed by atoms with E-state index in [-0.39, 0.29) is 0 Å². The first kappa shape index (κ1) is 14.6. The zero-order valence-corrected chi connectivity index (χ0v) is 13.3. The molecule has 114 valence electrons. The Hall–Kier alpha value is -0.330. The summed E-state index contributed by atoms with van der Waals surface area (Å²) in [5.74, 6) is 5.52. The van der Waals surface area contributed by atoms with E-state index in [1.54, 1.807) is 0 Å². The van der Waals surface area contributed by atoms with E-state index < -0.39 is 0 Å². The number of hydrogen-bond acceptors (Lipinski definition) is 1. The summed E-state index contributed by atoms with van der Waals surface area (Å²) in [5, 5.41) is 0. The Kier molecular flexibility index (Phi) is 4.83. The molecule has 3 fully saturated rings. The van der Waals surface area contributed by atoms with Gasteiger partial charge in [-0.1, -0.05) is 26.2 Å². The van der Waals surface area contributed by atoms with Gasteiger partial charge in [0.05, 0.1) is 0 Å². The molecule has 3 aliphatic rings. The molecule has 3 saturated carbocycles. The molecule has 0 N–H and O–H groups in total. The van der Waals surface area contributed by atoms with Crippen LogP contribution in [0.15, 0.2) is 0 Å². The van der Waals surface area contributed by atoms with Crippen LogP contribution in [0.1, 0.15) is 84.0 Å². The lowest BCUT2D eigenvalue weighted by Gasteiger charge is -2.44. The number of carbonyl (C=O) groups excluding carboxylic acids is 1. The van der Waals surface area contributed by atoms with Crippen LogP contribution in [0.2, 0.25) is 0 Å². The van der Waals surface area contributed by atoms with Crippen LogP contribution in [-0.2, 0) is 4.79 Å². The Labute approximate surface area is 124 Å². The van der Waals surface area contributed by atoms with Crippen molar-refractivity contribution in [2.24, 2.45) is 29.6 Å². The lowest BCUT2D eigenvalue weighted by molar-refractivity contribution is -0.121. The molecule has 20 heavy (non-hydrogen) atoms. The van der Waals surface area contributed by atoms with Crippen molar-refractivity contribution in [3.8, 4) is 0 Å². The third kappa shape index (κ3) is 3.28. The van der Waals surface area contributed by atoms with E-state index in [1.807, 2.05) is 0 Å². The van der Waals surface area contributed by atoms with Crippen LogP contribution in [0.3, 0.4) is 0 Å². The van der Waals surface area contributed by atoms with Crippen molar-refractivity contribution in [3.63, 3.8) is 0 Å². The smallest absolute Gasteiger partial charge is 0.132 e. The third-order valence-corrected chi connectivity index (χ3v) is 6.71. The van der Waals surface area contributed by atoms with Gasteiger partial charge in [0.1, 0.15) is 5.78 Å². The summed E-state index contributed by atoms with van der Waals surface area (Å²) < 4.78 is 0. The molecule has 0 spiro atoms. The molecule has 0 amide bonds. The Morgan fingerprint density at radius 1 is 0.800 bits per heavy atom. The van der Waals surface area contributed by atoms with Gasteiger partial charge < -0.3 is 0 Å². The maximum Gasteiger partial charge on any atom is 0.132 e. The molecule has 0 aromatic rings. The normalized spacial score (nSPS) is 39.5. The molecule has 0 heterocycles. The van der Waals surface area contributed by atoms with Crippen molar-refractivity contribution in [2.75, 3.05) is 0 Å². The maximum atomic E-state index is 11.4. The van der Waals surface area contributed by atoms with E-state index in [0.717, 1.165) is 42.4 Å². The number of hydrogen-bond donors (Lipinski definition) is 0. The number of rotatable bonds is 3. The zero-order chi connectivity index (χ0) is 13.9. The van der Waals surface area contributed by atoms with Crippen molar-refractivity contribution in [1.82, 2.24) is 0 Å². The standard InChI is InChI=1S/C19H32O/c1-2-3-14-4-5-18-13-17(7-6-16(18)12-14)15-8-10-19(20)11-9-15/h14-18H,2-13H2,1H3/t14-,16-,17?,18+/m0/s1. The Morgan fingerprint density at radius 3 is 2.10 bits per heavy atom. The molecule has 0 saturated heterocycles. The number of ketones is 1. The van der Waals surface area contributed by atoms with Gasteiger partial charge in [-0.2, -0.15) is 0 Å². The minimum absolute atomic E-state index is 0.523. The minimum Gasteiger partial charge on any atom is -0.300 e. The van der Waals surface area contributed by atoms with Crippen molar-refractivity contribution in [2.45, 2.75) is 84.0 Å². The Bertz CT molecular complexity index is 325. The predicted octanol–water partition coefficient (Wildman–Crippen LogP) is 5.38. The van der Waals surface area contributed by atoms with E-state index in [0.29, 0.717) is 5.78 Å². The van der Waals surface area contributed by atoms with Crippen molar-refractivity contribution in [1.29, 1.82) is 0 Å². The largest absolute Gasteiger partial charge is 0.300 e. The molecule has 4 atom stereocenters. The van der Waals surface area contributed by atoms with E-state index in [2.05, 4.69) is 6.92 Å². The second-order valence-electron chi connectivity index (χ2n) is 7.94. The third-order valence-electron chi connectivity index (χ3n) is 6.71. The van der Waals surface area contributed by atoms with Gasteiger partial charge in [0.15, 0.2) is 0 Å². The fraction of sp³-hybridized carbons (Fsp3) is 0.947. The van der Waals surface area contributed by atoms with Gasteiger partial charge in [-0.15, -0.1) is 0 Å². The zero-order valence-electron chi connectivity index (χ0n) is 13.3. The van der Waals surface area contributed by atoms with Gasteiger partial charge >= 0.3 is 0 Å². The van der Waals surface area contributed by atoms with Crippen LogP contribution in [0.25, 0.3) is 0 Å². The van der Waals surface area contributed by atoms with Gasteiger partial charge in [-0.05, 0) is 74.5 Å². The van der Waals surface area contributed by atoms with Crippen LogP contribution in [0, 0.1) is 29.6 Å². The average Bonchev–Trinajstić information content (AvgIpc) is 2.48. The van der Waals surface area contributed by atoms with Crippen LogP contribution in [0.5, 0.6) is 0 Å². The van der Waals surface area contributed by atoms with Gasteiger partial charge in [-0.3, -0.25) is 4.79 Å². The minimum atomic E-state index is 0.523. The Morgan fingerprint density at radius 2 is 1.40 bits per heavy atom. The molecule has 0 aromatic carbocycles. The summed E-state index contributed by atoms with van der Waals surface area (Å²) in [4.78, 5) is 11.4. The molecule has 1 heteroatoms. The molecule has 3 rings (SSSR count). The summed E-state index contributed by atoms with van der Waals surface area (Å²) in [5.41, 5.74) is 0. The van der Waals surface area contributed by atoms with Crippen LogP contribution < -0.4 is 0 Å². The molecular weight excluding hydrogens is 244 g/mol. The topological polar surface area (TPSA) is 17.1 Å². The summed E-state index contributed by atoms with van der Waals surface area (Å²) in [6.07, 6.45) is 16.1. The molecule has 1 unspecified atom stereocenters. The van der Waals surface area contributed by atoms with Crippen molar-refractivity contribution < 1.29 is 4.79 Å². The van der Waals surface area contributed by atoms with E-state index in [1.165, 1.54) is 64.2 Å². The lowest BCUT2D eigenvalue weighted by Crippen LogP contribution is -2.34. The highest BCUT2D eigenvalue weighted by Crippen LogP contribution is 2.48. The number of carbonyl (C=O) groups is 1. The highest BCUT2D eigenvalue weighted by atomic mass is 16.1. The molecule has 0 aromatic heterocycles. The van der Waals surface area contributed by atoms with Gasteiger partial charge in [0, 0.05) is 12.8 Å². The Balaban J connectivity index is 1.51. The second kappa shape index (κ2) is 6.62. The van der Waals surface area contributed by atoms with Gasteiger partial charge in [0.2, 0.25) is 0 Å². The van der Waals surface area contributed by atoms with Gasteiger partial charge in [-0.25, -0.2) is 0 Å². The van der Waals surface area contributed by atoms with Crippen LogP contribution in [0.4, 0.5) is 0 Å². The van der Waals surface area contributed by atoms with E-state index in [4.69, 9.17) is 0 Å². The van der Waals surface area contributed by atoms with Crippen LogP contribution in [-0.4, -0.2) is 5.78 Å². The second-order valence-corrected chi connectivity index (χ2v) is 7.94. The predicted molar refractivity (Wildman–Crippen MR) is 83.5 cm³/mol. The monoisotopic (exact) mass is 276 g/mol. The van der Waals surface area contributed by atoms with E-state index in [9.17, 15) is 4.79 Å². The maximum absolute atomic E-state index is 11.4. The van der Waals surface area contributed by atoms with Gasteiger partial charge in [0.25, 0.3) is 0 Å². The SMILES string of the molecule is CCC[C@H]1CC[C@@H]2CC(C3CCC(=O)CC3)CC[C@H]2C1. The first-order valence-electron chi connectivity index (χ1n) is 9.28. The first-order chi connectivity index (χ1) is 9.76. The van der Waals surface area contributed by atoms with Crippen molar-refractivity contribution in [3.05, 3.63) is 0 Å². The molecule has 0 bridgehead atoms. The van der Waals surface area contributed by atoms with Crippen molar-refractivity contribution >= 4 is 5.78 Å². The lowest BCUT2D eigenvalue weighted by atomic mass is 9.61. The molecular formula is C19H32O. The highest BCUT2D eigenvalue weighted by Gasteiger charge is 2.38. The summed E-state index contributed by atoms with van der Waals surface area (Å²) in [6.45, 7) is 2.34. The van der Waals surface area contributed by atoms with Crippen LogP contribution >= 0.6 is 0 Å². The molecule has 0 radical (unpaired) electrons. The quantitative estimate of drug-likeness (QED) is 0.676. The highest BCUT2D eigenvalue weighted by molar-refractivity contribution is 5.79.